The summed E-state index contributed by atoms with van der Waals surface area (Å²) in [6.45, 7) is 0. The topological polar surface area (TPSA) is 52.1 Å². The number of hydrogen-bond donors (Lipinski definition) is 0. The summed E-state index contributed by atoms with van der Waals surface area (Å²) in [6, 6.07) is 19.5. The van der Waals surface area contributed by atoms with Gasteiger partial charge in [-0.3, -0.25) is 9.97 Å². The largest absolute Gasteiger partial charge is 0.454 e. The van der Waals surface area contributed by atoms with Gasteiger partial charge in [0.15, 0.2) is 11.5 Å². The monoisotopic (exact) mass is 312 g/mol. The molecule has 0 unspecified atom stereocenters. The van der Waals surface area contributed by atoms with Crippen molar-refractivity contribution < 1.29 is 8.83 Å². The number of aromatic nitrogens is 2. The number of nitrogens with zero attached hydrogens (tertiary/aromatic N) is 2. The van der Waals surface area contributed by atoms with E-state index >= 15 is 0 Å². The van der Waals surface area contributed by atoms with Crippen LogP contribution in [0.15, 0.2) is 81.9 Å². The molecular formula is C20H12N2O2. The van der Waals surface area contributed by atoms with E-state index in [1.165, 1.54) is 0 Å². The van der Waals surface area contributed by atoms with Crippen molar-refractivity contribution in [1.82, 2.24) is 9.97 Å². The van der Waals surface area contributed by atoms with E-state index in [0.717, 1.165) is 44.8 Å². The molecule has 0 spiro atoms. The molecule has 24 heavy (non-hydrogen) atoms. The molecule has 4 aromatic heterocycles. The highest BCUT2D eigenvalue weighted by atomic mass is 16.3. The second-order valence-corrected chi connectivity index (χ2v) is 5.58. The van der Waals surface area contributed by atoms with Crippen LogP contribution < -0.4 is 0 Å². The molecular weight excluding hydrogens is 300 g/mol. The van der Waals surface area contributed by atoms with Crippen molar-refractivity contribution in [3.63, 3.8) is 0 Å². The fourth-order valence-corrected chi connectivity index (χ4v) is 2.84. The smallest absolute Gasteiger partial charge is 0.153 e. The molecule has 0 amide bonds. The Hall–Kier alpha value is -3.40. The summed E-state index contributed by atoms with van der Waals surface area (Å²) in [5.74, 6) is 1.51. The van der Waals surface area contributed by atoms with Gasteiger partial charge in [0.25, 0.3) is 0 Å². The molecule has 0 aliphatic carbocycles. The second kappa shape index (κ2) is 5.06. The van der Waals surface area contributed by atoms with Gasteiger partial charge >= 0.3 is 0 Å². The number of hydrogen-bond acceptors (Lipinski definition) is 4. The van der Waals surface area contributed by atoms with Crippen LogP contribution in [0.2, 0.25) is 0 Å². The van der Waals surface area contributed by atoms with Crippen molar-refractivity contribution in [2.75, 3.05) is 0 Å². The fourth-order valence-electron chi connectivity index (χ4n) is 2.84. The molecule has 4 nitrogen and oxygen atoms in total. The third-order valence-electron chi connectivity index (χ3n) is 3.99. The van der Waals surface area contributed by atoms with Crippen LogP contribution >= 0.6 is 0 Å². The molecule has 0 radical (unpaired) electrons. The van der Waals surface area contributed by atoms with Gasteiger partial charge < -0.3 is 8.83 Å². The zero-order valence-electron chi connectivity index (χ0n) is 12.6. The maximum Gasteiger partial charge on any atom is 0.153 e. The average Bonchev–Trinajstić information content (AvgIpc) is 3.24. The maximum absolute atomic E-state index is 5.96. The van der Waals surface area contributed by atoms with E-state index in [1.807, 2.05) is 60.7 Å². The van der Waals surface area contributed by atoms with E-state index < -0.39 is 0 Å². The Morgan fingerprint density at radius 3 is 1.50 bits per heavy atom. The van der Waals surface area contributed by atoms with Crippen LogP contribution in [0.5, 0.6) is 0 Å². The molecule has 0 saturated heterocycles. The van der Waals surface area contributed by atoms with E-state index in [1.54, 1.807) is 12.4 Å². The Balaban J connectivity index is 1.65. The lowest BCUT2D eigenvalue weighted by molar-refractivity contribution is 0.625. The van der Waals surface area contributed by atoms with Crippen molar-refractivity contribution in [3.05, 3.63) is 73.1 Å². The fraction of sp³-hybridized carbons (Fsp3) is 0. The molecule has 1 aromatic carbocycles. The zero-order valence-corrected chi connectivity index (χ0v) is 12.6. The molecule has 0 fully saturated rings. The number of pyridine rings is 2. The Morgan fingerprint density at radius 1 is 0.583 bits per heavy atom. The lowest BCUT2D eigenvalue weighted by atomic mass is 10.2. The first-order chi connectivity index (χ1) is 11.9. The predicted octanol–water partition coefficient (Wildman–Crippen LogP) is 5.30. The van der Waals surface area contributed by atoms with Crippen LogP contribution in [0.25, 0.3) is 44.8 Å². The summed E-state index contributed by atoms with van der Waals surface area (Å²) in [5.41, 5.74) is 3.27. The Kier molecular flexibility index (Phi) is 2.76. The Morgan fingerprint density at radius 2 is 1.08 bits per heavy atom. The molecule has 0 atom stereocenters. The van der Waals surface area contributed by atoms with E-state index in [4.69, 9.17) is 8.83 Å². The number of benzene rings is 1. The van der Waals surface area contributed by atoms with E-state index in [0.29, 0.717) is 0 Å². The average molecular weight is 312 g/mol. The van der Waals surface area contributed by atoms with Crippen LogP contribution in [-0.2, 0) is 0 Å². The number of furan rings is 2. The normalized spacial score (nSPS) is 11.3. The zero-order chi connectivity index (χ0) is 15.9. The molecule has 0 bridgehead atoms. The van der Waals surface area contributed by atoms with Gasteiger partial charge in [-0.2, -0.15) is 0 Å². The van der Waals surface area contributed by atoms with E-state index in [9.17, 15) is 0 Å². The molecule has 4 heteroatoms. The molecule has 5 rings (SSSR count). The van der Waals surface area contributed by atoms with Crippen molar-refractivity contribution >= 4 is 21.9 Å². The minimum absolute atomic E-state index is 0.753. The second-order valence-electron chi connectivity index (χ2n) is 5.58. The van der Waals surface area contributed by atoms with Gasteiger partial charge in [0, 0.05) is 23.2 Å². The lowest BCUT2D eigenvalue weighted by Crippen LogP contribution is -1.77. The predicted molar refractivity (Wildman–Crippen MR) is 92.4 cm³/mol. The van der Waals surface area contributed by atoms with E-state index in [2.05, 4.69) is 9.97 Å². The summed E-state index contributed by atoms with van der Waals surface area (Å²) < 4.78 is 11.9. The maximum atomic E-state index is 5.96. The molecule has 5 aromatic rings. The third kappa shape index (κ3) is 2.08. The van der Waals surface area contributed by atoms with Crippen LogP contribution in [-0.4, -0.2) is 9.97 Å². The van der Waals surface area contributed by atoms with Gasteiger partial charge in [0.1, 0.15) is 22.6 Å². The summed E-state index contributed by atoms with van der Waals surface area (Å²) >= 11 is 0. The van der Waals surface area contributed by atoms with Crippen LogP contribution in [0.1, 0.15) is 0 Å². The van der Waals surface area contributed by atoms with Gasteiger partial charge in [0.05, 0.1) is 0 Å². The minimum atomic E-state index is 0.753. The molecule has 4 heterocycles. The lowest BCUT2D eigenvalue weighted by Gasteiger charge is -1.92. The number of fused-ring (bicyclic) bond motifs is 2. The molecule has 0 aliphatic rings. The van der Waals surface area contributed by atoms with Gasteiger partial charge in [-0.05, 0) is 48.5 Å². The highest BCUT2D eigenvalue weighted by Crippen LogP contribution is 2.33. The minimum Gasteiger partial charge on any atom is -0.454 e. The first kappa shape index (κ1) is 13.1. The highest BCUT2D eigenvalue weighted by Gasteiger charge is 2.12. The quantitative estimate of drug-likeness (QED) is 0.443. The summed E-state index contributed by atoms with van der Waals surface area (Å²) in [4.78, 5) is 8.66. The van der Waals surface area contributed by atoms with Crippen molar-refractivity contribution in [1.29, 1.82) is 0 Å². The van der Waals surface area contributed by atoms with Crippen molar-refractivity contribution in [2.24, 2.45) is 0 Å². The summed E-state index contributed by atoms with van der Waals surface area (Å²) in [6.07, 6.45) is 3.51. The molecule has 114 valence electrons. The number of rotatable bonds is 2. The van der Waals surface area contributed by atoms with Crippen molar-refractivity contribution in [3.8, 4) is 22.9 Å². The van der Waals surface area contributed by atoms with E-state index in [-0.39, 0.29) is 0 Å². The first-order valence-corrected chi connectivity index (χ1v) is 7.67. The summed E-state index contributed by atoms with van der Waals surface area (Å²) in [7, 11) is 0. The molecule has 0 N–H and O–H groups in total. The summed E-state index contributed by atoms with van der Waals surface area (Å²) in [5, 5.41) is 1.98. The Labute approximate surface area is 137 Å². The standard InChI is InChI=1S/C20H12N2O2/c1-3-7-21-15(5-1)19-11-13-9-18-14(10-17(13)23-19)12-20(24-18)16-6-2-4-8-22-16/h1-12H. The van der Waals surface area contributed by atoms with Crippen LogP contribution in [0.4, 0.5) is 0 Å². The van der Waals surface area contributed by atoms with Gasteiger partial charge in [-0.1, -0.05) is 12.1 Å². The SMILES string of the molecule is c1ccc(-c2cc3cc4oc(-c5ccccn5)cc4cc3o2)nc1. The van der Waals surface area contributed by atoms with Gasteiger partial charge in [-0.15, -0.1) is 0 Å². The first-order valence-electron chi connectivity index (χ1n) is 7.67. The van der Waals surface area contributed by atoms with Crippen LogP contribution in [0.3, 0.4) is 0 Å². The van der Waals surface area contributed by atoms with Gasteiger partial charge in [0.2, 0.25) is 0 Å². The molecule has 0 saturated carbocycles. The Bertz CT molecular complexity index is 1000. The third-order valence-corrected chi connectivity index (χ3v) is 3.99. The van der Waals surface area contributed by atoms with Gasteiger partial charge in [-0.25, -0.2) is 0 Å². The van der Waals surface area contributed by atoms with Crippen molar-refractivity contribution in [2.45, 2.75) is 0 Å². The molecule has 0 aliphatic heterocycles. The van der Waals surface area contributed by atoms with Crippen LogP contribution in [0, 0.1) is 0 Å². The highest BCUT2D eigenvalue weighted by molar-refractivity contribution is 5.96.